The van der Waals surface area contributed by atoms with E-state index in [2.05, 4.69) is 6.07 Å². The first-order chi connectivity index (χ1) is 10.1. The van der Waals surface area contributed by atoms with Crippen LogP contribution in [0.3, 0.4) is 0 Å². The average molecular weight is 289 g/mol. The highest BCUT2D eigenvalue weighted by atomic mass is 16.5. The number of aryl methyl sites for hydroxylation is 1. The second-order valence-corrected chi connectivity index (χ2v) is 4.35. The molecule has 0 aromatic heterocycles. The topological polar surface area (TPSA) is 76.4 Å². The Hall–Kier alpha value is -2.35. The second kappa shape index (κ2) is 8.75. The molecule has 0 atom stereocenters. The maximum absolute atomic E-state index is 11.9. The van der Waals surface area contributed by atoms with Crippen LogP contribution in [0.15, 0.2) is 18.2 Å². The molecule has 0 aliphatic carbocycles. The van der Waals surface area contributed by atoms with E-state index in [0.29, 0.717) is 24.2 Å². The Bertz CT molecular complexity index is 546. The van der Waals surface area contributed by atoms with Crippen LogP contribution in [0.5, 0.6) is 0 Å². The van der Waals surface area contributed by atoms with Crippen LogP contribution >= 0.6 is 0 Å². The molecule has 1 aromatic carbocycles. The van der Waals surface area contributed by atoms with E-state index in [1.807, 2.05) is 0 Å². The van der Waals surface area contributed by atoms with Crippen molar-refractivity contribution in [2.75, 3.05) is 13.2 Å². The summed E-state index contributed by atoms with van der Waals surface area (Å²) in [4.78, 5) is 23.3. The van der Waals surface area contributed by atoms with Gasteiger partial charge in [-0.1, -0.05) is 12.1 Å². The molecule has 1 rings (SSSR count). The lowest BCUT2D eigenvalue weighted by Gasteiger charge is -2.10. The highest BCUT2D eigenvalue weighted by molar-refractivity contribution is 5.91. The minimum Gasteiger partial charge on any atom is -0.466 e. The lowest BCUT2D eigenvalue weighted by Crippen LogP contribution is -2.11. The van der Waals surface area contributed by atoms with Gasteiger partial charge in [0.2, 0.25) is 0 Å². The fraction of sp³-hybridized carbons (Fsp3) is 0.438. The van der Waals surface area contributed by atoms with Crippen molar-refractivity contribution in [1.29, 1.82) is 5.26 Å². The first kappa shape index (κ1) is 16.7. The Morgan fingerprint density at radius 1 is 1.19 bits per heavy atom. The summed E-state index contributed by atoms with van der Waals surface area (Å²) in [6, 6.07) is 7.20. The molecule has 21 heavy (non-hydrogen) atoms. The summed E-state index contributed by atoms with van der Waals surface area (Å²) in [5.74, 6) is -0.724. The van der Waals surface area contributed by atoms with E-state index >= 15 is 0 Å². The fourth-order valence-corrected chi connectivity index (χ4v) is 1.93. The second-order valence-electron chi connectivity index (χ2n) is 4.35. The van der Waals surface area contributed by atoms with Crippen LogP contribution in [0.4, 0.5) is 0 Å². The van der Waals surface area contributed by atoms with Gasteiger partial charge in [0.05, 0.1) is 31.3 Å². The first-order valence-corrected chi connectivity index (χ1v) is 6.93. The molecule has 0 N–H and O–H groups in total. The Balaban J connectivity index is 2.94. The zero-order chi connectivity index (χ0) is 15.7. The van der Waals surface area contributed by atoms with Crippen molar-refractivity contribution >= 4 is 11.9 Å². The quantitative estimate of drug-likeness (QED) is 0.720. The van der Waals surface area contributed by atoms with E-state index < -0.39 is 5.97 Å². The number of benzene rings is 1. The molecule has 5 heteroatoms. The molecule has 5 nitrogen and oxygen atoms in total. The van der Waals surface area contributed by atoms with Gasteiger partial charge in [-0.2, -0.15) is 5.26 Å². The fourth-order valence-electron chi connectivity index (χ4n) is 1.93. The van der Waals surface area contributed by atoms with Gasteiger partial charge in [-0.3, -0.25) is 4.79 Å². The molecule has 0 fully saturated rings. The van der Waals surface area contributed by atoms with Gasteiger partial charge in [-0.25, -0.2) is 4.79 Å². The lowest BCUT2D eigenvalue weighted by molar-refractivity contribution is -0.143. The number of carbonyl (C=O) groups excluding carboxylic acids is 2. The van der Waals surface area contributed by atoms with E-state index in [4.69, 9.17) is 14.7 Å². The number of nitriles is 1. The largest absolute Gasteiger partial charge is 0.466 e. The van der Waals surface area contributed by atoms with E-state index in [9.17, 15) is 9.59 Å². The summed E-state index contributed by atoms with van der Waals surface area (Å²) in [5.41, 5.74) is 1.95. The zero-order valence-electron chi connectivity index (χ0n) is 12.3. The van der Waals surface area contributed by atoms with Gasteiger partial charge < -0.3 is 9.47 Å². The molecular formula is C16H19NO4. The third-order valence-corrected chi connectivity index (χ3v) is 2.85. The molecule has 0 saturated carbocycles. The Morgan fingerprint density at radius 2 is 1.90 bits per heavy atom. The van der Waals surface area contributed by atoms with Crippen molar-refractivity contribution in [3.63, 3.8) is 0 Å². The lowest BCUT2D eigenvalue weighted by atomic mass is 9.99. The molecular weight excluding hydrogens is 270 g/mol. The first-order valence-electron chi connectivity index (χ1n) is 6.93. The van der Waals surface area contributed by atoms with Gasteiger partial charge in [0.25, 0.3) is 0 Å². The van der Waals surface area contributed by atoms with Crippen molar-refractivity contribution in [1.82, 2.24) is 0 Å². The van der Waals surface area contributed by atoms with E-state index in [1.54, 1.807) is 32.0 Å². The van der Waals surface area contributed by atoms with Gasteiger partial charge >= 0.3 is 11.9 Å². The van der Waals surface area contributed by atoms with E-state index in [1.165, 1.54) is 0 Å². The molecule has 0 aliphatic rings. The summed E-state index contributed by atoms with van der Waals surface area (Å²) >= 11 is 0. The Labute approximate surface area is 124 Å². The van der Waals surface area contributed by atoms with Crippen molar-refractivity contribution < 1.29 is 19.1 Å². The molecule has 0 unspecified atom stereocenters. The maximum Gasteiger partial charge on any atom is 0.338 e. The number of esters is 2. The molecule has 0 heterocycles. The number of hydrogen-bond acceptors (Lipinski definition) is 5. The molecule has 0 bridgehead atoms. The predicted molar refractivity (Wildman–Crippen MR) is 76.7 cm³/mol. The number of ether oxygens (including phenoxy) is 2. The van der Waals surface area contributed by atoms with Crippen LogP contribution in [0.25, 0.3) is 0 Å². The molecule has 0 amide bonds. The van der Waals surface area contributed by atoms with E-state index in [-0.39, 0.29) is 25.4 Å². The standard InChI is InChI=1S/C16H19NO4/c1-3-20-15(18)8-6-13-11-12(9-10-17)5-7-14(13)16(19)21-4-2/h5,7,11H,3-4,6,8-9H2,1-2H3. The summed E-state index contributed by atoms with van der Waals surface area (Å²) in [7, 11) is 0. The van der Waals surface area contributed by atoms with Crippen LogP contribution < -0.4 is 0 Å². The summed E-state index contributed by atoms with van der Waals surface area (Å²) < 4.78 is 9.88. The summed E-state index contributed by atoms with van der Waals surface area (Å²) in [6.07, 6.45) is 0.831. The van der Waals surface area contributed by atoms with Crippen LogP contribution in [0, 0.1) is 11.3 Å². The minimum atomic E-state index is -0.417. The third-order valence-electron chi connectivity index (χ3n) is 2.85. The third kappa shape index (κ3) is 5.27. The molecule has 0 aliphatic heterocycles. The van der Waals surface area contributed by atoms with Crippen molar-refractivity contribution in [3.8, 4) is 6.07 Å². The number of rotatable bonds is 7. The van der Waals surface area contributed by atoms with Gasteiger partial charge in [0.1, 0.15) is 0 Å². The molecule has 0 radical (unpaired) electrons. The van der Waals surface area contributed by atoms with Gasteiger partial charge in [-0.15, -0.1) is 0 Å². The molecule has 0 saturated heterocycles. The van der Waals surface area contributed by atoms with Crippen molar-refractivity contribution in [3.05, 3.63) is 34.9 Å². The predicted octanol–water partition coefficient (Wildman–Crippen LogP) is 2.43. The molecule has 1 aromatic rings. The van der Waals surface area contributed by atoms with Gasteiger partial charge in [-0.05, 0) is 37.5 Å². The zero-order valence-corrected chi connectivity index (χ0v) is 12.3. The van der Waals surface area contributed by atoms with Crippen molar-refractivity contribution in [2.45, 2.75) is 33.1 Å². The van der Waals surface area contributed by atoms with Crippen LogP contribution in [-0.2, 0) is 27.1 Å². The summed E-state index contributed by atoms with van der Waals surface area (Å²) in [6.45, 7) is 4.10. The van der Waals surface area contributed by atoms with Crippen molar-refractivity contribution in [2.24, 2.45) is 0 Å². The van der Waals surface area contributed by atoms with Gasteiger partial charge in [0.15, 0.2) is 0 Å². The van der Waals surface area contributed by atoms with Gasteiger partial charge in [0, 0.05) is 6.42 Å². The smallest absolute Gasteiger partial charge is 0.338 e. The highest BCUT2D eigenvalue weighted by Gasteiger charge is 2.14. The number of nitrogens with zero attached hydrogens (tertiary/aromatic N) is 1. The highest BCUT2D eigenvalue weighted by Crippen LogP contribution is 2.16. The molecule has 112 valence electrons. The van der Waals surface area contributed by atoms with Crippen LogP contribution in [-0.4, -0.2) is 25.2 Å². The normalized spacial score (nSPS) is 9.76. The van der Waals surface area contributed by atoms with Crippen LogP contribution in [0.1, 0.15) is 41.8 Å². The minimum absolute atomic E-state index is 0.191. The summed E-state index contributed by atoms with van der Waals surface area (Å²) in [5, 5.41) is 8.75. The SMILES string of the molecule is CCOC(=O)CCc1cc(CC#N)ccc1C(=O)OCC. The van der Waals surface area contributed by atoms with E-state index in [0.717, 1.165) is 5.56 Å². The number of carbonyl (C=O) groups is 2. The Morgan fingerprint density at radius 3 is 2.52 bits per heavy atom. The average Bonchev–Trinajstić information content (AvgIpc) is 2.46. The Kier molecular flexibility index (Phi) is 6.96. The monoisotopic (exact) mass is 289 g/mol. The van der Waals surface area contributed by atoms with Crippen LogP contribution in [0.2, 0.25) is 0 Å². The maximum atomic E-state index is 11.9. The number of hydrogen-bond donors (Lipinski definition) is 0. The molecule has 0 spiro atoms.